The molecule has 0 aliphatic carbocycles. The quantitative estimate of drug-likeness (QED) is 0.749. The Balaban J connectivity index is 1.51. The lowest BCUT2D eigenvalue weighted by atomic mass is 10.1. The Morgan fingerprint density at radius 1 is 1.00 bits per heavy atom. The number of nitrogens with zero attached hydrogens (tertiary/aromatic N) is 3. The van der Waals surface area contributed by atoms with Gasteiger partial charge in [0.25, 0.3) is 0 Å². The molecule has 0 aromatic heterocycles. The topological polar surface area (TPSA) is 18.8 Å². The van der Waals surface area contributed by atoms with Crippen molar-refractivity contribution in [2.24, 2.45) is 5.10 Å². The lowest BCUT2D eigenvalue weighted by molar-refractivity contribution is 0.131. The zero-order valence-electron chi connectivity index (χ0n) is 13.8. The van der Waals surface area contributed by atoms with Gasteiger partial charge in [0.15, 0.2) is 0 Å². The van der Waals surface area contributed by atoms with E-state index in [-0.39, 0.29) is 0 Å². The van der Waals surface area contributed by atoms with Gasteiger partial charge in [0.05, 0.1) is 11.2 Å². The van der Waals surface area contributed by atoms with Gasteiger partial charge in [-0.05, 0) is 24.6 Å². The molecule has 0 N–H and O–H groups in total. The molecule has 24 heavy (non-hydrogen) atoms. The van der Waals surface area contributed by atoms with E-state index in [1.54, 1.807) is 6.07 Å². The van der Waals surface area contributed by atoms with E-state index in [0.717, 1.165) is 38.3 Å². The molecule has 1 saturated heterocycles. The van der Waals surface area contributed by atoms with Crippen molar-refractivity contribution in [3.63, 3.8) is 0 Å². The molecular formula is C19H21Cl2N3. The summed E-state index contributed by atoms with van der Waals surface area (Å²) >= 11 is 12.1. The van der Waals surface area contributed by atoms with Crippen LogP contribution in [-0.4, -0.2) is 42.3 Å². The Kier molecular flexibility index (Phi) is 5.77. The third-order valence-corrected chi connectivity index (χ3v) is 4.76. The van der Waals surface area contributed by atoms with Gasteiger partial charge in [-0.1, -0.05) is 59.1 Å². The molecule has 3 nitrogen and oxygen atoms in total. The van der Waals surface area contributed by atoms with E-state index in [0.29, 0.717) is 10.0 Å². The first-order valence-corrected chi connectivity index (χ1v) is 8.87. The highest BCUT2D eigenvalue weighted by Gasteiger charge is 2.15. The summed E-state index contributed by atoms with van der Waals surface area (Å²) in [7, 11) is 0. The van der Waals surface area contributed by atoms with Crippen LogP contribution in [0.15, 0.2) is 47.6 Å². The van der Waals surface area contributed by atoms with Crippen molar-refractivity contribution in [1.29, 1.82) is 0 Å². The summed E-state index contributed by atoms with van der Waals surface area (Å²) in [5, 5.41) is 7.91. The summed E-state index contributed by atoms with van der Waals surface area (Å²) in [5.74, 6) is 0. The zero-order valence-corrected chi connectivity index (χ0v) is 15.3. The first-order chi connectivity index (χ1) is 11.6. The lowest BCUT2D eigenvalue weighted by Crippen LogP contribution is -2.43. The molecule has 0 spiro atoms. The van der Waals surface area contributed by atoms with E-state index in [1.807, 2.05) is 18.3 Å². The van der Waals surface area contributed by atoms with E-state index in [9.17, 15) is 0 Å². The number of aryl methyl sites for hydroxylation is 1. The highest BCUT2D eigenvalue weighted by Crippen LogP contribution is 2.19. The molecule has 1 aliphatic rings. The molecule has 3 rings (SSSR count). The number of hydrogen-bond donors (Lipinski definition) is 0. The van der Waals surface area contributed by atoms with E-state index in [4.69, 9.17) is 23.2 Å². The molecule has 5 heteroatoms. The third-order valence-electron chi connectivity index (χ3n) is 4.20. The SMILES string of the molecule is Cc1ccc(CN2CCN(N=Cc3ccc(Cl)cc3Cl)CC2)cc1. The first kappa shape index (κ1) is 17.3. The van der Waals surface area contributed by atoms with Crippen LogP contribution in [0.5, 0.6) is 0 Å². The molecule has 0 bridgehead atoms. The van der Waals surface area contributed by atoms with E-state index in [2.05, 4.69) is 46.2 Å². The Hall–Kier alpha value is -1.55. The molecule has 1 aliphatic heterocycles. The van der Waals surface area contributed by atoms with Crippen LogP contribution in [0.4, 0.5) is 0 Å². The molecule has 0 amide bonds. The van der Waals surface area contributed by atoms with Crippen molar-refractivity contribution in [3.8, 4) is 0 Å². The number of hydrogen-bond acceptors (Lipinski definition) is 3. The highest BCUT2D eigenvalue weighted by atomic mass is 35.5. The molecule has 2 aromatic rings. The standard InChI is InChI=1S/C19H21Cl2N3/c1-15-2-4-16(5-3-15)14-23-8-10-24(11-9-23)22-13-17-6-7-18(20)12-19(17)21/h2-7,12-13H,8-11,14H2,1H3. The minimum Gasteiger partial charge on any atom is -0.295 e. The molecule has 126 valence electrons. The molecule has 2 aromatic carbocycles. The fourth-order valence-corrected chi connectivity index (χ4v) is 3.17. The lowest BCUT2D eigenvalue weighted by Gasteiger charge is -2.33. The van der Waals surface area contributed by atoms with Crippen molar-refractivity contribution >= 4 is 29.4 Å². The number of hydrazone groups is 1. The number of piperazine rings is 1. The number of rotatable bonds is 4. The summed E-state index contributed by atoms with van der Waals surface area (Å²) in [5.41, 5.74) is 3.56. The van der Waals surface area contributed by atoms with Gasteiger partial charge in [0.1, 0.15) is 0 Å². The molecule has 0 saturated carbocycles. The smallest absolute Gasteiger partial charge is 0.0557 e. The maximum atomic E-state index is 6.17. The molecule has 1 fully saturated rings. The van der Waals surface area contributed by atoms with Gasteiger partial charge in [0.2, 0.25) is 0 Å². The molecule has 0 atom stereocenters. The summed E-state index contributed by atoms with van der Waals surface area (Å²) in [6.07, 6.45) is 1.81. The van der Waals surface area contributed by atoms with Crippen LogP contribution in [0.25, 0.3) is 0 Å². The van der Waals surface area contributed by atoms with E-state index in [1.165, 1.54) is 11.1 Å². The number of benzene rings is 2. The molecule has 0 unspecified atom stereocenters. The van der Waals surface area contributed by atoms with Gasteiger partial charge in [0, 0.05) is 43.3 Å². The average Bonchev–Trinajstić information content (AvgIpc) is 2.57. The van der Waals surface area contributed by atoms with Crippen LogP contribution < -0.4 is 0 Å². The number of halogens is 2. The summed E-state index contributed by atoms with van der Waals surface area (Å²) in [4.78, 5) is 2.46. The van der Waals surface area contributed by atoms with Crippen LogP contribution in [0, 0.1) is 6.92 Å². The Morgan fingerprint density at radius 2 is 1.71 bits per heavy atom. The maximum absolute atomic E-state index is 6.17. The van der Waals surface area contributed by atoms with Gasteiger partial charge in [-0.3, -0.25) is 9.91 Å². The normalized spacial score (nSPS) is 16.0. The second-order valence-corrected chi connectivity index (χ2v) is 6.97. The predicted octanol–water partition coefficient (Wildman–Crippen LogP) is 4.45. The monoisotopic (exact) mass is 361 g/mol. The second-order valence-electron chi connectivity index (χ2n) is 6.13. The van der Waals surface area contributed by atoms with Gasteiger partial charge in [-0.15, -0.1) is 0 Å². The van der Waals surface area contributed by atoms with Gasteiger partial charge < -0.3 is 0 Å². The molecule has 0 radical (unpaired) electrons. The molecular weight excluding hydrogens is 341 g/mol. The van der Waals surface area contributed by atoms with Crippen LogP contribution in [0.3, 0.4) is 0 Å². The van der Waals surface area contributed by atoms with Gasteiger partial charge in [-0.25, -0.2) is 0 Å². The maximum Gasteiger partial charge on any atom is 0.0557 e. The van der Waals surface area contributed by atoms with Crippen molar-refractivity contribution in [1.82, 2.24) is 9.91 Å². The highest BCUT2D eigenvalue weighted by molar-refractivity contribution is 6.36. The average molecular weight is 362 g/mol. The Labute approximate surface area is 153 Å². The van der Waals surface area contributed by atoms with Crippen molar-refractivity contribution in [2.45, 2.75) is 13.5 Å². The fourth-order valence-electron chi connectivity index (χ4n) is 2.71. The van der Waals surface area contributed by atoms with Crippen molar-refractivity contribution in [3.05, 3.63) is 69.2 Å². The summed E-state index contributed by atoms with van der Waals surface area (Å²) in [6.45, 7) is 6.99. The van der Waals surface area contributed by atoms with Gasteiger partial charge >= 0.3 is 0 Å². The first-order valence-electron chi connectivity index (χ1n) is 8.12. The predicted molar refractivity (Wildman–Crippen MR) is 102 cm³/mol. The summed E-state index contributed by atoms with van der Waals surface area (Å²) < 4.78 is 0. The zero-order chi connectivity index (χ0) is 16.9. The third kappa shape index (κ3) is 4.73. The van der Waals surface area contributed by atoms with Crippen LogP contribution in [-0.2, 0) is 6.54 Å². The second kappa shape index (κ2) is 8.02. The Bertz CT molecular complexity index is 705. The van der Waals surface area contributed by atoms with Crippen LogP contribution in [0.1, 0.15) is 16.7 Å². The van der Waals surface area contributed by atoms with Crippen LogP contribution in [0.2, 0.25) is 10.0 Å². The van der Waals surface area contributed by atoms with E-state index < -0.39 is 0 Å². The Morgan fingerprint density at radius 3 is 2.38 bits per heavy atom. The van der Waals surface area contributed by atoms with Crippen molar-refractivity contribution in [2.75, 3.05) is 26.2 Å². The summed E-state index contributed by atoms with van der Waals surface area (Å²) in [6, 6.07) is 14.2. The van der Waals surface area contributed by atoms with Crippen molar-refractivity contribution < 1.29 is 0 Å². The fraction of sp³-hybridized carbons (Fsp3) is 0.316. The van der Waals surface area contributed by atoms with Crippen LogP contribution >= 0.6 is 23.2 Å². The van der Waals surface area contributed by atoms with E-state index >= 15 is 0 Å². The minimum atomic E-state index is 0.629. The largest absolute Gasteiger partial charge is 0.295 e. The molecule has 1 heterocycles. The minimum absolute atomic E-state index is 0.629. The van der Waals surface area contributed by atoms with Gasteiger partial charge in [-0.2, -0.15) is 5.10 Å².